The lowest BCUT2D eigenvalue weighted by Crippen LogP contribution is -2.64. The molecule has 0 radical (unpaired) electrons. The Hall–Kier alpha value is -10.4. The fraction of sp³-hybridized carbons (Fsp3) is 0.462. The van der Waals surface area contributed by atoms with Gasteiger partial charge in [-0.2, -0.15) is 23.5 Å². The van der Waals surface area contributed by atoms with Gasteiger partial charge in [0.05, 0.1) is 39.0 Å². The number of alkyl carbamates (subject to hydrolysis) is 1. The number of nitrogens with zero attached hydrogens (tertiary/aromatic N) is 6. The molecule has 31 heteroatoms. The maximum atomic E-state index is 16.0. The Bertz CT molecular complexity index is 4250. The lowest BCUT2D eigenvalue weighted by molar-refractivity contribution is -0.147. The Morgan fingerprint density at radius 2 is 1.49 bits per heavy atom. The first kappa shape index (κ1) is 84.2. The largest absolute Gasteiger partial charge is 0.497 e. The number of rotatable bonds is 17. The number of thioether (sulfide) groups is 2. The zero-order valence-electron chi connectivity index (χ0n) is 62.4. The predicted octanol–water partition coefficient (Wildman–Crippen LogP) is 6.19. The summed E-state index contributed by atoms with van der Waals surface area (Å²) in [5.41, 5.74) is 11.7. The number of carbonyl (C=O) groups is 10. The highest BCUT2D eigenvalue weighted by Gasteiger charge is 2.49. The first-order valence-corrected chi connectivity index (χ1v) is 38.3. The van der Waals surface area contributed by atoms with E-state index in [4.69, 9.17) is 20.6 Å². The summed E-state index contributed by atoms with van der Waals surface area (Å²) in [6.07, 6.45) is 5.67. The van der Waals surface area contributed by atoms with Crippen LogP contribution in [-0.4, -0.2) is 196 Å². The number of fused-ring (bicyclic) bond motifs is 5. The van der Waals surface area contributed by atoms with Crippen LogP contribution in [-0.2, 0) is 96.4 Å². The molecule has 3 aliphatic rings. The van der Waals surface area contributed by atoms with Crippen molar-refractivity contribution in [3.05, 3.63) is 166 Å². The van der Waals surface area contributed by atoms with Crippen molar-refractivity contribution in [2.75, 3.05) is 51.4 Å². The smallest absolute Gasteiger partial charge is 0.407 e. The van der Waals surface area contributed by atoms with Crippen molar-refractivity contribution in [1.29, 1.82) is 0 Å². The highest BCUT2D eigenvalue weighted by Crippen LogP contribution is 2.33. The second kappa shape index (κ2) is 39.6. The monoisotopic (exact) mass is 1540 g/mol. The van der Waals surface area contributed by atoms with Crippen LogP contribution in [0.15, 0.2) is 121 Å². The van der Waals surface area contributed by atoms with Crippen LogP contribution in [0.3, 0.4) is 0 Å². The van der Waals surface area contributed by atoms with Crippen molar-refractivity contribution >= 4 is 99.4 Å². The number of aliphatic hydroxyl groups excluding tert-OH is 1. The normalized spacial score (nSPS) is 23.3. The minimum absolute atomic E-state index is 0.0132. The molecule has 4 aromatic carbocycles. The van der Waals surface area contributed by atoms with Gasteiger partial charge in [0.1, 0.15) is 65.0 Å². The number of ether oxygens (including phenoxy) is 3. The van der Waals surface area contributed by atoms with E-state index >= 15 is 28.4 Å². The van der Waals surface area contributed by atoms with Crippen molar-refractivity contribution in [1.82, 2.24) is 56.9 Å². The number of aliphatic hydroxyl groups is 1. The molecule has 0 spiro atoms. The minimum Gasteiger partial charge on any atom is -0.497 e. The number of carbonyl (C=O) groups excluding carboxylic acids is 10. The fourth-order valence-corrected chi connectivity index (χ4v) is 15.0. The predicted molar refractivity (Wildman–Crippen MR) is 413 cm³/mol. The molecule has 0 unspecified atom stereocenters. The van der Waals surface area contributed by atoms with E-state index in [0.29, 0.717) is 69.3 Å². The number of allylic oxidation sites excluding steroid dienone is 1. The van der Waals surface area contributed by atoms with Gasteiger partial charge in [0.15, 0.2) is 0 Å². The van der Waals surface area contributed by atoms with E-state index in [2.05, 4.69) is 71.6 Å². The van der Waals surface area contributed by atoms with Gasteiger partial charge in [-0.3, -0.25) is 43.2 Å². The van der Waals surface area contributed by atoms with Gasteiger partial charge in [-0.05, 0) is 149 Å². The number of methoxy groups -OCH3 is 1. The maximum absolute atomic E-state index is 16.0. The van der Waals surface area contributed by atoms with Crippen LogP contribution in [0.4, 0.5) is 14.9 Å². The quantitative estimate of drug-likeness (QED) is 0.0165. The van der Waals surface area contributed by atoms with Gasteiger partial charge in [-0.25, -0.2) is 9.18 Å². The molecule has 5 aromatic rings. The summed E-state index contributed by atoms with van der Waals surface area (Å²) in [4.78, 5) is 153. The molecule has 2 fully saturated rings. The summed E-state index contributed by atoms with van der Waals surface area (Å²) >= 11 is 2.86. The van der Waals surface area contributed by atoms with Crippen LogP contribution >= 0.6 is 23.5 Å². The van der Waals surface area contributed by atoms with Crippen molar-refractivity contribution < 1.29 is 71.7 Å². The third-order valence-corrected chi connectivity index (χ3v) is 20.7. The third-order valence-electron chi connectivity index (χ3n) is 18.7. The number of halogens is 1. The number of nitrogens with one attached hydrogen (secondary N) is 8. The Morgan fingerprint density at radius 3 is 2.17 bits per heavy atom. The molecule has 1 aromatic heterocycles. The summed E-state index contributed by atoms with van der Waals surface area (Å²) in [7, 11) is 1.49. The van der Waals surface area contributed by atoms with Crippen LogP contribution in [0, 0.1) is 18.2 Å². The highest BCUT2D eigenvalue weighted by atomic mass is 32.2. The molecule has 582 valence electrons. The number of azide groups is 1. The molecule has 10 amide bonds. The minimum atomic E-state index is -1.81. The van der Waals surface area contributed by atoms with Crippen molar-refractivity contribution in [2.24, 2.45) is 5.11 Å². The van der Waals surface area contributed by atoms with Gasteiger partial charge in [0.2, 0.25) is 53.2 Å². The van der Waals surface area contributed by atoms with E-state index in [0.717, 1.165) is 16.7 Å². The van der Waals surface area contributed by atoms with Crippen molar-refractivity contribution in [3.8, 4) is 18.1 Å². The first-order chi connectivity index (χ1) is 52.0. The second-order valence-corrected chi connectivity index (χ2v) is 30.4. The van der Waals surface area contributed by atoms with Crippen LogP contribution in [0.5, 0.6) is 5.75 Å². The standard InChI is InChI=1S/C78H97FN14O14S2/c1-11-16-49-17-14-18-51(35-49)40-59-69(97)86-61(43-57-42-54-41-55(79)21-24-63(54)91(57)29-12-2)73(101)92-31-25-64(106-32-13-3)67(92)72(100)88-66(48(5)94)71(99)87-60(39-50-19-22-58(105-10)23-20-50)74(102)93-30-15-27-78(93,9)75(103)81-28-34-109-46-53-36-52(37-56(38-53)89-90-80)45-108-33-26-65(95)84-62(44-82-76(104)107-77(6,7)8)70(98)83-47(4)68(96)85-59/h2,11,13-14,17-24,35-38,41-42,47-48,59-62,64,66-67,94H,1,3,15-16,25-34,39-40,43-46H2,4-10H3,(H,81,103)(H,82,104)(H,83,98)(H,84,95)(H,85,96)(H,86,97)(H,87,99)(H,88,100)/t47-,48-,59+,60+,61+,62+,64+,66+,67+,78+/m1/s1. The SMILES string of the molecule is C#CCn1c(C[C@@H]2NC(=O)[C@H](Cc3cccc(CC=C)c3)NC(=O)[C@@H](C)NC(=O)[C@H](CNC(=O)OC(C)(C)C)NC(=O)CCSCc3cc(cc(N=[N+]=[N-])c3)CSCCNC(=O)[C@]3(C)CCCN3C(=O)[C@H](Cc3ccc(OC)cc3)NC(=O)[C@H]([C@@H](C)O)NC(=O)[C@@H]3[C@@H](OCC=C)CCN3C2=O)cc2cc(F)ccc21. The molecule has 2 saturated heterocycles. The summed E-state index contributed by atoms with van der Waals surface area (Å²) in [5, 5.41) is 37.7. The summed E-state index contributed by atoms with van der Waals surface area (Å²) < 4.78 is 33.7. The number of hydrogen-bond acceptors (Lipinski definition) is 17. The van der Waals surface area contributed by atoms with Crippen LogP contribution < -0.4 is 47.3 Å². The molecule has 3 aliphatic heterocycles. The van der Waals surface area contributed by atoms with Gasteiger partial charge in [-0.15, -0.1) is 19.6 Å². The summed E-state index contributed by atoms with van der Waals surface area (Å²) in [6, 6.07) is 13.9. The molecule has 28 nitrogen and oxygen atoms in total. The molecule has 2 bridgehead atoms. The molecular formula is C78H97FN14O14S2. The zero-order chi connectivity index (χ0) is 79.1. The molecular weight excluding hydrogens is 1440 g/mol. The fourth-order valence-electron chi connectivity index (χ4n) is 13.3. The zero-order valence-corrected chi connectivity index (χ0v) is 64.0. The lowest BCUT2D eigenvalue weighted by Gasteiger charge is -2.37. The molecule has 109 heavy (non-hydrogen) atoms. The maximum Gasteiger partial charge on any atom is 0.407 e. The number of amides is 10. The number of terminal acetylenes is 1. The van der Waals surface area contributed by atoms with E-state index in [1.807, 2.05) is 12.1 Å². The van der Waals surface area contributed by atoms with Gasteiger partial charge in [-0.1, -0.05) is 65.7 Å². The first-order valence-electron chi connectivity index (χ1n) is 36.0. The molecule has 0 aliphatic carbocycles. The van der Waals surface area contributed by atoms with E-state index in [1.165, 1.54) is 78.6 Å². The average Bonchev–Trinajstić information content (AvgIpc) is 1.68. The molecule has 8 rings (SSSR count). The van der Waals surface area contributed by atoms with Gasteiger partial charge >= 0.3 is 6.09 Å². The molecule has 10 atom stereocenters. The van der Waals surface area contributed by atoms with Crippen molar-refractivity contribution in [2.45, 2.75) is 177 Å². The van der Waals surface area contributed by atoms with E-state index in [1.54, 1.807) is 99.0 Å². The molecule has 9 N–H and O–H groups in total. The van der Waals surface area contributed by atoms with Gasteiger partial charge in [0, 0.05) is 95.5 Å². The topological polar surface area (TPSA) is 375 Å². The van der Waals surface area contributed by atoms with Gasteiger partial charge in [0.25, 0.3) is 0 Å². The van der Waals surface area contributed by atoms with Gasteiger partial charge < -0.3 is 76.2 Å². The highest BCUT2D eigenvalue weighted by molar-refractivity contribution is 7.98. The second-order valence-electron chi connectivity index (χ2n) is 28.1. The third kappa shape index (κ3) is 23.6. The summed E-state index contributed by atoms with van der Waals surface area (Å²) in [6.45, 7) is 16.2. The van der Waals surface area contributed by atoms with Crippen molar-refractivity contribution in [3.63, 3.8) is 0 Å². The van der Waals surface area contributed by atoms with E-state index < -0.39 is 137 Å². The number of hydrogen-bond donors (Lipinski definition) is 9. The van der Waals surface area contributed by atoms with Crippen LogP contribution in [0.25, 0.3) is 21.3 Å². The molecule has 4 heterocycles. The average molecular weight is 1540 g/mol. The number of benzene rings is 4. The van der Waals surface area contributed by atoms with Crippen LogP contribution in [0.2, 0.25) is 0 Å². The van der Waals surface area contributed by atoms with Crippen LogP contribution in [0.1, 0.15) is 101 Å². The molecule has 0 saturated carbocycles. The number of aromatic nitrogens is 1. The Morgan fingerprint density at radius 1 is 0.807 bits per heavy atom. The summed E-state index contributed by atoms with van der Waals surface area (Å²) in [5.74, 6) is -3.32. The Kier molecular flexibility index (Phi) is 30.6. The Balaban J connectivity index is 1.19. The lowest BCUT2D eigenvalue weighted by atomic mass is 9.95. The Labute approximate surface area is 641 Å². The van der Waals surface area contributed by atoms with E-state index in [-0.39, 0.29) is 77.1 Å². The van der Waals surface area contributed by atoms with E-state index in [9.17, 15) is 34.6 Å².